The molecule has 0 aliphatic heterocycles. The molecule has 0 bridgehead atoms. The lowest BCUT2D eigenvalue weighted by Crippen LogP contribution is -2.25. The van der Waals surface area contributed by atoms with Gasteiger partial charge in [0, 0.05) is 24.2 Å². The van der Waals surface area contributed by atoms with Crippen molar-refractivity contribution < 1.29 is 4.79 Å². The quantitative estimate of drug-likeness (QED) is 0.590. The molecule has 0 heterocycles. The summed E-state index contributed by atoms with van der Waals surface area (Å²) in [6, 6.07) is 7.17. The third-order valence-corrected chi connectivity index (χ3v) is 2.76. The maximum absolute atomic E-state index is 11.9. The van der Waals surface area contributed by atoms with Crippen LogP contribution in [0.5, 0.6) is 0 Å². The van der Waals surface area contributed by atoms with Gasteiger partial charge in [0.2, 0.25) is 0 Å². The zero-order valence-corrected chi connectivity index (χ0v) is 10.1. The number of nitrogens with two attached hydrogens (primary N) is 1. The molecule has 16 heavy (non-hydrogen) atoms. The van der Waals surface area contributed by atoms with E-state index in [1.807, 2.05) is 12.1 Å². The van der Waals surface area contributed by atoms with Crippen molar-refractivity contribution in [1.29, 1.82) is 0 Å². The molecule has 1 aromatic rings. The number of anilines is 1. The average Bonchev–Trinajstić information content (AvgIpc) is 2.30. The highest BCUT2D eigenvalue weighted by atomic mass is 16.1. The number of hydrogen-bond donors (Lipinski definition) is 1. The maximum atomic E-state index is 11.9. The Hall–Kier alpha value is -1.35. The Balaban J connectivity index is 2.52. The van der Waals surface area contributed by atoms with Gasteiger partial charge in [0.15, 0.2) is 5.78 Å². The summed E-state index contributed by atoms with van der Waals surface area (Å²) >= 11 is 0. The van der Waals surface area contributed by atoms with Gasteiger partial charge in [-0.1, -0.05) is 26.0 Å². The van der Waals surface area contributed by atoms with Crippen molar-refractivity contribution in [2.75, 3.05) is 25.4 Å². The fraction of sp³-hybridized carbons (Fsp3) is 0.462. The van der Waals surface area contributed by atoms with Crippen LogP contribution in [0.25, 0.3) is 0 Å². The van der Waals surface area contributed by atoms with Gasteiger partial charge in [0.1, 0.15) is 0 Å². The summed E-state index contributed by atoms with van der Waals surface area (Å²) in [5, 5.41) is 0. The predicted octanol–water partition coefficient (Wildman–Crippen LogP) is 2.18. The number of nitrogens with zero attached hydrogens (tertiary/aromatic N) is 1. The SMILES string of the molecule is CCN(CC)CCC(=O)c1cccc(N)c1. The Morgan fingerprint density at radius 2 is 2.00 bits per heavy atom. The van der Waals surface area contributed by atoms with Gasteiger partial charge >= 0.3 is 0 Å². The summed E-state index contributed by atoms with van der Waals surface area (Å²) in [5.41, 5.74) is 7.00. The van der Waals surface area contributed by atoms with Crippen molar-refractivity contribution in [2.45, 2.75) is 20.3 Å². The average molecular weight is 220 g/mol. The fourth-order valence-corrected chi connectivity index (χ4v) is 1.66. The molecule has 2 N–H and O–H groups in total. The molecule has 0 radical (unpaired) electrons. The van der Waals surface area contributed by atoms with E-state index in [9.17, 15) is 4.79 Å². The second-order valence-corrected chi connectivity index (χ2v) is 3.83. The molecular formula is C13H20N2O. The van der Waals surface area contributed by atoms with Gasteiger partial charge in [-0.25, -0.2) is 0 Å². The summed E-state index contributed by atoms with van der Waals surface area (Å²) in [6.45, 7) is 7.00. The van der Waals surface area contributed by atoms with Crippen molar-refractivity contribution >= 4 is 11.5 Å². The van der Waals surface area contributed by atoms with E-state index in [2.05, 4.69) is 18.7 Å². The molecule has 3 heteroatoms. The number of hydrogen-bond acceptors (Lipinski definition) is 3. The Morgan fingerprint density at radius 1 is 1.31 bits per heavy atom. The molecule has 0 aliphatic carbocycles. The van der Waals surface area contributed by atoms with Gasteiger partial charge in [-0.3, -0.25) is 4.79 Å². The Morgan fingerprint density at radius 3 is 2.56 bits per heavy atom. The lowest BCUT2D eigenvalue weighted by molar-refractivity contribution is 0.0966. The van der Waals surface area contributed by atoms with E-state index < -0.39 is 0 Å². The van der Waals surface area contributed by atoms with E-state index in [1.54, 1.807) is 12.1 Å². The van der Waals surface area contributed by atoms with Gasteiger partial charge in [-0.05, 0) is 25.2 Å². The molecule has 1 rings (SSSR count). The highest BCUT2D eigenvalue weighted by Gasteiger charge is 2.07. The Kier molecular flexibility index (Phi) is 4.99. The third kappa shape index (κ3) is 3.66. The maximum Gasteiger partial charge on any atom is 0.164 e. The van der Waals surface area contributed by atoms with Crippen LogP contribution < -0.4 is 5.73 Å². The largest absolute Gasteiger partial charge is 0.399 e. The molecule has 0 fully saturated rings. The number of Topliss-reactive ketones (excluding diaryl/α,β-unsaturated/α-hetero) is 1. The zero-order valence-electron chi connectivity index (χ0n) is 10.1. The second-order valence-electron chi connectivity index (χ2n) is 3.83. The number of carbonyl (C=O) groups is 1. The molecule has 0 aliphatic rings. The lowest BCUT2D eigenvalue weighted by Gasteiger charge is -2.17. The van der Waals surface area contributed by atoms with E-state index in [1.165, 1.54) is 0 Å². The van der Waals surface area contributed by atoms with Crippen LogP contribution in [0.2, 0.25) is 0 Å². The first-order valence-electron chi connectivity index (χ1n) is 5.78. The molecule has 0 aromatic heterocycles. The van der Waals surface area contributed by atoms with Crippen molar-refractivity contribution in [3.8, 4) is 0 Å². The van der Waals surface area contributed by atoms with Crippen molar-refractivity contribution in [1.82, 2.24) is 4.90 Å². The molecule has 88 valence electrons. The molecule has 3 nitrogen and oxygen atoms in total. The van der Waals surface area contributed by atoms with Gasteiger partial charge in [0.05, 0.1) is 0 Å². The second kappa shape index (κ2) is 6.28. The van der Waals surface area contributed by atoms with Crippen LogP contribution in [0.15, 0.2) is 24.3 Å². The first-order valence-corrected chi connectivity index (χ1v) is 5.78. The number of nitrogen functional groups attached to an aromatic ring is 1. The highest BCUT2D eigenvalue weighted by molar-refractivity contribution is 5.96. The summed E-state index contributed by atoms with van der Waals surface area (Å²) in [4.78, 5) is 14.1. The first kappa shape index (κ1) is 12.7. The molecule has 0 atom stereocenters. The van der Waals surface area contributed by atoms with Crippen LogP contribution in [-0.2, 0) is 0 Å². The van der Waals surface area contributed by atoms with Gasteiger partial charge in [-0.2, -0.15) is 0 Å². The molecule has 0 amide bonds. The number of ketones is 1. The van der Waals surface area contributed by atoms with Crippen LogP contribution in [0.4, 0.5) is 5.69 Å². The summed E-state index contributed by atoms with van der Waals surface area (Å²) in [7, 11) is 0. The van der Waals surface area contributed by atoms with E-state index in [4.69, 9.17) is 5.73 Å². The Bertz CT molecular complexity index is 346. The number of benzene rings is 1. The van der Waals surface area contributed by atoms with E-state index >= 15 is 0 Å². The Labute approximate surface area is 97.2 Å². The number of rotatable bonds is 6. The van der Waals surface area contributed by atoms with Crippen molar-refractivity contribution in [3.63, 3.8) is 0 Å². The first-order chi connectivity index (χ1) is 7.67. The van der Waals surface area contributed by atoms with E-state index in [0.717, 1.165) is 19.6 Å². The summed E-state index contributed by atoms with van der Waals surface area (Å²) < 4.78 is 0. The monoisotopic (exact) mass is 220 g/mol. The van der Waals surface area contributed by atoms with Gasteiger partial charge in [-0.15, -0.1) is 0 Å². The van der Waals surface area contributed by atoms with Crippen molar-refractivity contribution in [2.24, 2.45) is 0 Å². The normalized spacial score (nSPS) is 10.7. The van der Waals surface area contributed by atoms with Crippen molar-refractivity contribution in [3.05, 3.63) is 29.8 Å². The molecule has 0 unspecified atom stereocenters. The van der Waals surface area contributed by atoms with Gasteiger partial charge < -0.3 is 10.6 Å². The minimum absolute atomic E-state index is 0.166. The molecule has 0 saturated carbocycles. The molecule has 0 spiro atoms. The van der Waals surface area contributed by atoms with Gasteiger partial charge in [0.25, 0.3) is 0 Å². The smallest absolute Gasteiger partial charge is 0.164 e. The standard InChI is InChI=1S/C13H20N2O/c1-3-15(4-2)9-8-13(16)11-6-5-7-12(14)10-11/h5-7,10H,3-4,8-9,14H2,1-2H3. The minimum atomic E-state index is 0.166. The summed E-state index contributed by atoms with van der Waals surface area (Å²) in [6.07, 6.45) is 0.561. The molecular weight excluding hydrogens is 200 g/mol. The van der Waals surface area contributed by atoms with E-state index in [0.29, 0.717) is 17.7 Å². The third-order valence-electron chi connectivity index (χ3n) is 2.76. The predicted molar refractivity (Wildman–Crippen MR) is 67.6 cm³/mol. The zero-order chi connectivity index (χ0) is 12.0. The van der Waals surface area contributed by atoms with E-state index in [-0.39, 0.29) is 5.78 Å². The van der Waals surface area contributed by atoms with Crippen LogP contribution in [0, 0.1) is 0 Å². The van der Waals surface area contributed by atoms with Crippen LogP contribution in [0.1, 0.15) is 30.6 Å². The number of carbonyl (C=O) groups excluding carboxylic acids is 1. The lowest BCUT2D eigenvalue weighted by atomic mass is 10.1. The molecule has 0 saturated heterocycles. The summed E-state index contributed by atoms with van der Waals surface area (Å²) in [5.74, 6) is 0.166. The highest BCUT2D eigenvalue weighted by Crippen LogP contribution is 2.09. The fourth-order valence-electron chi connectivity index (χ4n) is 1.66. The molecule has 1 aromatic carbocycles. The van der Waals surface area contributed by atoms with Crippen LogP contribution in [-0.4, -0.2) is 30.3 Å². The van der Waals surface area contributed by atoms with Crippen LogP contribution >= 0.6 is 0 Å². The topological polar surface area (TPSA) is 46.3 Å². The van der Waals surface area contributed by atoms with Crippen LogP contribution in [0.3, 0.4) is 0 Å². The minimum Gasteiger partial charge on any atom is -0.399 e.